The van der Waals surface area contributed by atoms with Crippen LogP contribution in [0.3, 0.4) is 0 Å². The van der Waals surface area contributed by atoms with E-state index in [9.17, 15) is 4.79 Å². The molecule has 0 aliphatic carbocycles. The summed E-state index contributed by atoms with van der Waals surface area (Å²) < 4.78 is 0. The number of para-hydroxylation sites is 1. The minimum atomic E-state index is -0.197. The Bertz CT molecular complexity index is 773. The second-order valence-corrected chi connectivity index (χ2v) is 4.99. The van der Waals surface area contributed by atoms with E-state index in [4.69, 9.17) is 0 Å². The van der Waals surface area contributed by atoms with Gasteiger partial charge in [-0.1, -0.05) is 18.2 Å². The Morgan fingerprint density at radius 2 is 1.74 bits per heavy atom. The Labute approximate surface area is 134 Å². The lowest BCUT2D eigenvalue weighted by molar-refractivity contribution is 0.102. The van der Waals surface area contributed by atoms with Crippen molar-refractivity contribution in [2.45, 2.75) is 0 Å². The monoisotopic (exact) mass is 304 g/mol. The molecule has 0 radical (unpaired) electrons. The largest absolute Gasteiger partial charge is 0.329 e. The van der Waals surface area contributed by atoms with Crippen molar-refractivity contribution in [3.63, 3.8) is 0 Å². The number of anilines is 3. The number of nitrogens with one attached hydrogen (secondary N) is 1. The fraction of sp³-hybridized carbons (Fsp3) is 0.0556. The molecule has 1 aromatic carbocycles. The Hall–Kier alpha value is -3.21. The highest BCUT2D eigenvalue weighted by atomic mass is 16.1. The molecule has 5 heteroatoms. The molecule has 0 bridgehead atoms. The molecule has 3 rings (SSSR count). The van der Waals surface area contributed by atoms with Gasteiger partial charge in [0.15, 0.2) is 0 Å². The van der Waals surface area contributed by atoms with Crippen molar-refractivity contribution in [2.24, 2.45) is 0 Å². The van der Waals surface area contributed by atoms with E-state index in [0.717, 1.165) is 11.5 Å². The topological polar surface area (TPSA) is 58.1 Å². The maximum absolute atomic E-state index is 12.2. The molecule has 0 aliphatic heterocycles. The molecule has 1 N–H and O–H groups in total. The summed E-state index contributed by atoms with van der Waals surface area (Å²) in [4.78, 5) is 22.4. The fourth-order valence-electron chi connectivity index (χ4n) is 2.14. The second kappa shape index (κ2) is 6.70. The minimum Gasteiger partial charge on any atom is -0.329 e. The fourth-order valence-corrected chi connectivity index (χ4v) is 2.14. The summed E-state index contributed by atoms with van der Waals surface area (Å²) >= 11 is 0. The number of amides is 1. The zero-order valence-electron chi connectivity index (χ0n) is 12.7. The molecule has 0 aliphatic rings. The highest BCUT2D eigenvalue weighted by Crippen LogP contribution is 2.21. The van der Waals surface area contributed by atoms with Crippen LogP contribution in [0, 0.1) is 0 Å². The van der Waals surface area contributed by atoms with Crippen LogP contribution in [0.25, 0.3) is 0 Å². The Morgan fingerprint density at radius 1 is 1.00 bits per heavy atom. The van der Waals surface area contributed by atoms with Crippen LogP contribution in [-0.4, -0.2) is 22.9 Å². The van der Waals surface area contributed by atoms with Crippen LogP contribution in [-0.2, 0) is 0 Å². The molecule has 0 atom stereocenters. The van der Waals surface area contributed by atoms with E-state index in [1.165, 1.54) is 0 Å². The molecule has 2 heterocycles. The highest BCUT2D eigenvalue weighted by molar-refractivity contribution is 6.04. The van der Waals surface area contributed by atoms with Crippen molar-refractivity contribution in [3.05, 3.63) is 78.8 Å². The average Bonchev–Trinajstić information content (AvgIpc) is 2.63. The van der Waals surface area contributed by atoms with Gasteiger partial charge < -0.3 is 10.2 Å². The zero-order chi connectivity index (χ0) is 16.1. The number of carbonyl (C=O) groups excluding carboxylic acids is 1. The van der Waals surface area contributed by atoms with E-state index in [2.05, 4.69) is 15.3 Å². The number of nitrogens with zero attached hydrogens (tertiary/aromatic N) is 3. The minimum absolute atomic E-state index is 0.197. The lowest BCUT2D eigenvalue weighted by Gasteiger charge is -2.18. The summed E-state index contributed by atoms with van der Waals surface area (Å²) in [5.41, 5.74) is 2.25. The molecule has 0 saturated carbocycles. The Morgan fingerprint density at radius 3 is 2.39 bits per heavy atom. The predicted octanol–water partition coefficient (Wildman–Crippen LogP) is 3.50. The maximum atomic E-state index is 12.2. The number of carbonyl (C=O) groups is 1. The second-order valence-electron chi connectivity index (χ2n) is 4.99. The van der Waals surface area contributed by atoms with Crippen molar-refractivity contribution in [1.82, 2.24) is 9.97 Å². The average molecular weight is 304 g/mol. The lowest BCUT2D eigenvalue weighted by atomic mass is 10.2. The van der Waals surface area contributed by atoms with Crippen LogP contribution in [0.5, 0.6) is 0 Å². The van der Waals surface area contributed by atoms with Crippen LogP contribution in [0.15, 0.2) is 73.2 Å². The summed E-state index contributed by atoms with van der Waals surface area (Å²) in [6.07, 6.45) is 4.84. The van der Waals surface area contributed by atoms with Gasteiger partial charge >= 0.3 is 0 Å². The standard InChI is InChI=1S/C18H16N4O/c1-22(16-5-3-2-4-6-16)17-8-7-14(13-20-17)18(23)21-15-9-11-19-12-10-15/h2-13H,1H3,(H,19,21,23). The molecule has 1 amide bonds. The number of rotatable bonds is 4. The molecular formula is C18H16N4O. The summed E-state index contributed by atoms with van der Waals surface area (Å²) in [5, 5.41) is 2.81. The number of aromatic nitrogens is 2. The van der Waals surface area contributed by atoms with Gasteiger partial charge in [-0.25, -0.2) is 4.98 Å². The first kappa shape index (κ1) is 14.7. The number of pyridine rings is 2. The van der Waals surface area contributed by atoms with Gasteiger partial charge in [0, 0.05) is 37.0 Å². The number of benzene rings is 1. The molecule has 23 heavy (non-hydrogen) atoms. The van der Waals surface area contributed by atoms with Gasteiger partial charge in [-0.05, 0) is 36.4 Å². The molecular weight excluding hydrogens is 288 g/mol. The van der Waals surface area contributed by atoms with E-state index in [1.807, 2.05) is 48.3 Å². The maximum Gasteiger partial charge on any atom is 0.257 e. The molecule has 0 unspecified atom stereocenters. The van der Waals surface area contributed by atoms with E-state index < -0.39 is 0 Å². The van der Waals surface area contributed by atoms with Crippen molar-refractivity contribution in [2.75, 3.05) is 17.3 Å². The molecule has 2 aromatic heterocycles. The van der Waals surface area contributed by atoms with Gasteiger partial charge in [-0.2, -0.15) is 0 Å². The van der Waals surface area contributed by atoms with Crippen LogP contribution in [0.2, 0.25) is 0 Å². The normalized spacial score (nSPS) is 10.1. The molecule has 0 fully saturated rings. The van der Waals surface area contributed by atoms with E-state index in [0.29, 0.717) is 11.3 Å². The zero-order valence-corrected chi connectivity index (χ0v) is 12.7. The Kier molecular flexibility index (Phi) is 4.29. The molecule has 114 valence electrons. The van der Waals surface area contributed by atoms with Crippen LogP contribution in [0.1, 0.15) is 10.4 Å². The smallest absolute Gasteiger partial charge is 0.257 e. The predicted molar refractivity (Wildman–Crippen MR) is 90.9 cm³/mol. The van der Waals surface area contributed by atoms with Crippen molar-refractivity contribution in [3.8, 4) is 0 Å². The number of hydrogen-bond donors (Lipinski definition) is 1. The highest BCUT2D eigenvalue weighted by Gasteiger charge is 2.09. The third-order valence-corrected chi connectivity index (χ3v) is 3.44. The quantitative estimate of drug-likeness (QED) is 0.801. The molecule has 0 saturated heterocycles. The van der Waals surface area contributed by atoms with E-state index >= 15 is 0 Å². The SMILES string of the molecule is CN(c1ccccc1)c1ccc(C(=O)Nc2ccncc2)cn1. The number of hydrogen-bond acceptors (Lipinski definition) is 4. The summed E-state index contributed by atoms with van der Waals surface area (Å²) in [5.74, 6) is 0.578. The third-order valence-electron chi connectivity index (χ3n) is 3.44. The third kappa shape index (κ3) is 3.52. The van der Waals surface area contributed by atoms with Gasteiger partial charge in [0.1, 0.15) is 5.82 Å². The van der Waals surface area contributed by atoms with Gasteiger partial charge in [0.2, 0.25) is 0 Å². The van der Waals surface area contributed by atoms with Crippen LogP contribution < -0.4 is 10.2 Å². The summed E-state index contributed by atoms with van der Waals surface area (Å²) in [6.45, 7) is 0. The lowest BCUT2D eigenvalue weighted by Crippen LogP contribution is -2.14. The van der Waals surface area contributed by atoms with Crippen LogP contribution in [0.4, 0.5) is 17.2 Å². The summed E-state index contributed by atoms with van der Waals surface area (Å²) in [6, 6.07) is 17.0. The van der Waals surface area contributed by atoms with Crippen molar-refractivity contribution >= 4 is 23.1 Å². The van der Waals surface area contributed by atoms with E-state index in [-0.39, 0.29) is 5.91 Å². The molecule has 0 spiro atoms. The first-order valence-electron chi connectivity index (χ1n) is 7.20. The molecule has 5 nitrogen and oxygen atoms in total. The van der Waals surface area contributed by atoms with Gasteiger partial charge in [-0.3, -0.25) is 9.78 Å². The van der Waals surface area contributed by atoms with Gasteiger partial charge in [-0.15, -0.1) is 0 Å². The van der Waals surface area contributed by atoms with Crippen molar-refractivity contribution < 1.29 is 4.79 Å². The summed E-state index contributed by atoms with van der Waals surface area (Å²) in [7, 11) is 1.94. The van der Waals surface area contributed by atoms with Crippen LogP contribution >= 0.6 is 0 Å². The van der Waals surface area contributed by atoms with Gasteiger partial charge in [0.25, 0.3) is 5.91 Å². The molecule has 3 aromatic rings. The first-order chi connectivity index (χ1) is 11.2. The first-order valence-corrected chi connectivity index (χ1v) is 7.20. The van der Waals surface area contributed by atoms with E-state index in [1.54, 1.807) is 36.8 Å². The van der Waals surface area contributed by atoms with Gasteiger partial charge in [0.05, 0.1) is 5.56 Å². The van der Waals surface area contributed by atoms with Crippen molar-refractivity contribution in [1.29, 1.82) is 0 Å². The Balaban J connectivity index is 1.73.